The van der Waals surface area contributed by atoms with Crippen LogP contribution >= 0.6 is 22.9 Å². The molecule has 0 aliphatic carbocycles. The Labute approximate surface area is 116 Å². The molecule has 1 heterocycles. The van der Waals surface area contributed by atoms with Gasteiger partial charge in [-0.3, -0.25) is 0 Å². The molecular formula is C14H15ClFNS. The standard InChI is InChI=1S/C14H15ClFNS/c1-2-6-17-14(10-5-7-18-9-10)12-4-3-11(16)8-13(12)15/h3-5,7-9,14,17H,2,6H2,1H3. The van der Waals surface area contributed by atoms with Gasteiger partial charge in [0.25, 0.3) is 0 Å². The lowest BCUT2D eigenvalue weighted by molar-refractivity contribution is 0.594. The van der Waals surface area contributed by atoms with Crippen molar-refractivity contribution in [2.24, 2.45) is 0 Å². The van der Waals surface area contributed by atoms with E-state index in [1.54, 1.807) is 17.4 Å². The van der Waals surface area contributed by atoms with Crippen molar-refractivity contribution in [3.05, 3.63) is 57.0 Å². The van der Waals surface area contributed by atoms with E-state index in [2.05, 4.69) is 23.7 Å². The lowest BCUT2D eigenvalue weighted by Gasteiger charge is -2.19. The zero-order valence-corrected chi connectivity index (χ0v) is 11.7. The van der Waals surface area contributed by atoms with E-state index in [-0.39, 0.29) is 11.9 Å². The van der Waals surface area contributed by atoms with Crippen LogP contribution in [0.1, 0.15) is 30.5 Å². The van der Waals surface area contributed by atoms with Gasteiger partial charge in [0.05, 0.1) is 6.04 Å². The molecule has 4 heteroatoms. The van der Waals surface area contributed by atoms with Crippen molar-refractivity contribution in [3.8, 4) is 0 Å². The molecule has 2 rings (SSSR count). The highest BCUT2D eigenvalue weighted by Crippen LogP contribution is 2.30. The molecule has 0 bridgehead atoms. The van der Waals surface area contributed by atoms with Crippen LogP contribution in [0.25, 0.3) is 0 Å². The van der Waals surface area contributed by atoms with Crippen LogP contribution in [0.4, 0.5) is 4.39 Å². The molecule has 0 spiro atoms. The largest absolute Gasteiger partial charge is 0.306 e. The van der Waals surface area contributed by atoms with E-state index in [1.165, 1.54) is 17.7 Å². The maximum atomic E-state index is 13.1. The Morgan fingerprint density at radius 3 is 2.83 bits per heavy atom. The van der Waals surface area contributed by atoms with Crippen LogP contribution < -0.4 is 5.32 Å². The number of rotatable bonds is 5. The van der Waals surface area contributed by atoms with E-state index in [0.29, 0.717) is 5.02 Å². The van der Waals surface area contributed by atoms with Gasteiger partial charge in [0.15, 0.2) is 0 Å². The van der Waals surface area contributed by atoms with E-state index >= 15 is 0 Å². The summed E-state index contributed by atoms with van der Waals surface area (Å²) in [7, 11) is 0. The summed E-state index contributed by atoms with van der Waals surface area (Å²) >= 11 is 7.79. The fourth-order valence-corrected chi connectivity index (χ4v) is 2.83. The second-order valence-electron chi connectivity index (χ2n) is 4.11. The Kier molecular flexibility index (Phi) is 4.75. The summed E-state index contributed by atoms with van der Waals surface area (Å²) in [6.07, 6.45) is 1.04. The molecule has 0 fully saturated rings. The van der Waals surface area contributed by atoms with Crippen LogP contribution in [0.2, 0.25) is 5.02 Å². The zero-order valence-electron chi connectivity index (χ0n) is 10.1. The van der Waals surface area contributed by atoms with Crippen LogP contribution in [0.15, 0.2) is 35.0 Å². The van der Waals surface area contributed by atoms with Gasteiger partial charge in [-0.25, -0.2) is 4.39 Å². The first-order valence-electron chi connectivity index (χ1n) is 5.92. The molecule has 1 atom stereocenters. The zero-order chi connectivity index (χ0) is 13.0. The number of hydrogen-bond donors (Lipinski definition) is 1. The third kappa shape index (κ3) is 3.10. The van der Waals surface area contributed by atoms with E-state index in [1.807, 2.05) is 5.38 Å². The molecule has 0 saturated carbocycles. The van der Waals surface area contributed by atoms with Crippen molar-refractivity contribution in [1.82, 2.24) is 5.32 Å². The molecule has 0 amide bonds. The van der Waals surface area contributed by atoms with E-state index < -0.39 is 0 Å². The van der Waals surface area contributed by atoms with Crippen molar-refractivity contribution < 1.29 is 4.39 Å². The molecular weight excluding hydrogens is 269 g/mol. The first-order valence-corrected chi connectivity index (χ1v) is 7.25. The maximum absolute atomic E-state index is 13.1. The van der Waals surface area contributed by atoms with Gasteiger partial charge in [-0.1, -0.05) is 24.6 Å². The van der Waals surface area contributed by atoms with Gasteiger partial charge in [-0.05, 0) is 53.1 Å². The van der Waals surface area contributed by atoms with Crippen molar-refractivity contribution in [2.45, 2.75) is 19.4 Å². The number of thiophene rings is 1. The van der Waals surface area contributed by atoms with Crippen LogP contribution in [-0.2, 0) is 0 Å². The summed E-state index contributed by atoms with van der Waals surface area (Å²) in [4.78, 5) is 0. The van der Waals surface area contributed by atoms with E-state index in [4.69, 9.17) is 11.6 Å². The number of hydrogen-bond acceptors (Lipinski definition) is 2. The van der Waals surface area contributed by atoms with Gasteiger partial charge in [0.1, 0.15) is 5.82 Å². The quantitative estimate of drug-likeness (QED) is 0.844. The lowest BCUT2D eigenvalue weighted by Crippen LogP contribution is -2.23. The first kappa shape index (κ1) is 13.5. The fraction of sp³-hybridized carbons (Fsp3) is 0.286. The van der Waals surface area contributed by atoms with Crippen LogP contribution in [-0.4, -0.2) is 6.54 Å². The van der Waals surface area contributed by atoms with E-state index in [0.717, 1.165) is 18.5 Å². The van der Waals surface area contributed by atoms with Crippen molar-refractivity contribution in [2.75, 3.05) is 6.54 Å². The van der Waals surface area contributed by atoms with Gasteiger partial charge >= 0.3 is 0 Å². The Hall–Kier alpha value is -0.900. The Morgan fingerprint density at radius 1 is 1.39 bits per heavy atom. The van der Waals surface area contributed by atoms with Crippen molar-refractivity contribution in [1.29, 1.82) is 0 Å². The normalized spacial score (nSPS) is 12.6. The molecule has 1 aromatic heterocycles. The monoisotopic (exact) mass is 283 g/mol. The maximum Gasteiger partial charge on any atom is 0.124 e. The summed E-state index contributed by atoms with van der Waals surface area (Å²) in [6, 6.07) is 6.67. The predicted octanol–water partition coefficient (Wildman–Crippen LogP) is 4.63. The molecule has 0 saturated heterocycles. The molecule has 1 N–H and O–H groups in total. The lowest BCUT2D eigenvalue weighted by atomic mass is 10.0. The van der Waals surface area contributed by atoms with Crippen molar-refractivity contribution in [3.63, 3.8) is 0 Å². The molecule has 1 aromatic carbocycles. The molecule has 96 valence electrons. The van der Waals surface area contributed by atoms with Crippen molar-refractivity contribution >= 4 is 22.9 Å². The number of benzene rings is 1. The Balaban J connectivity index is 2.33. The molecule has 1 nitrogen and oxygen atoms in total. The average molecular weight is 284 g/mol. The Morgan fingerprint density at radius 2 is 2.22 bits per heavy atom. The first-order chi connectivity index (χ1) is 8.72. The van der Waals surface area contributed by atoms with Crippen LogP contribution in [0.3, 0.4) is 0 Å². The number of halogens is 2. The summed E-state index contributed by atoms with van der Waals surface area (Å²) in [6.45, 7) is 3.01. The summed E-state index contributed by atoms with van der Waals surface area (Å²) in [5, 5.41) is 8.04. The minimum Gasteiger partial charge on any atom is -0.306 e. The molecule has 1 unspecified atom stereocenters. The molecule has 0 aliphatic rings. The van der Waals surface area contributed by atoms with Crippen LogP contribution in [0.5, 0.6) is 0 Å². The molecule has 2 aromatic rings. The third-order valence-electron chi connectivity index (χ3n) is 2.75. The summed E-state index contributed by atoms with van der Waals surface area (Å²) in [5.41, 5.74) is 2.09. The predicted molar refractivity (Wildman–Crippen MR) is 75.9 cm³/mol. The van der Waals surface area contributed by atoms with Gasteiger partial charge < -0.3 is 5.32 Å². The average Bonchev–Trinajstić information content (AvgIpc) is 2.85. The van der Waals surface area contributed by atoms with Gasteiger partial charge in [0, 0.05) is 5.02 Å². The van der Waals surface area contributed by atoms with E-state index in [9.17, 15) is 4.39 Å². The second kappa shape index (κ2) is 6.32. The molecule has 0 aliphatic heterocycles. The SMILES string of the molecule is CCCNC(c1ccsc1)c1ccc(F)cc1Cl. The summed E-state index contributed by atoms with van der Waals surface area (Å²) in [5.74, 6) is -0.302. The minimum atomic E-state index is -0.302. The second-order valence-corrected chi connectivity index (χ2v) is 5.30. The highest BCUT2D eigenvalue weighted by molar-refractivity contribution is 7.08. The minimum absolute atomic E-state index is 0.0318. The topological polar surface area (TPSA) is 12.0 Å². The van der Waals surface area contributed by atoms with Gasteiger partial charge in [0.2, 0.25) is 0 Å². The van der Waals surface area contributed by atoms with Crippen LogP contribution in [0, 0.1) is 5.82 Å². The third-order valence-corrected chi connectivity index (χ3v) is 3.78. The molecule has 18 heavy (non-hydrogen) atoms. The highest BCUT2D eigenvalue weighted by Gasteiger charge is 2.16. The van der Waals surface area contributed by atoms with Gasteiger partial charge in [-0.15, -0.1) is 0 Å². The smallest absolute Gasteiger partial charge is 0.124 e. The fourth-order valence-electron chi connectivity index (χ4n) is 1.87. The Bertz CT molecular complexity index is 499. The molecule has 0 radical (unpaired) electrons. The highest BCUT2D eigenvalue weighted by atomic mass is 35.5. The number of nitrogens with one attached hydrogen (secondary N) is 1. The van der Waals surface area contributed by atoms with Gasteiger partial charge in [-0.2, -0.15) is 11.3 Å². The summed E-state index contributed by atoms with van der Waals surface area (Å²) < 4.78 is 13.1.